The maximum Gasteiger partial charge on any atom is 0.234 e. The summed E-state index contributed by atoms with van der Waals surface area (Å²) in [6.07, 6.45) is 1.77. The Kier molecular flexibility index (Phi) is 3.62. The van der Waals surface area contributed by atoms with Crippen LogP contribution in [0.1, 0.15) is 29.3 Å². The number of aliphatic hydroxyl groups excluding tert-OH is 2. The van der Waals surface area contributed by atoms with Crippen molar-refractivity contribution < 1.29 is 19.8 Å². The molecule has 0 spiro atoms. The van der Waals surface area contributed by atoms with Crippen LogP contribution in [0, 0.1) is 0 Å². The van der Waals surface area contributed by atoms with Crippen LogP contribution < -0.4 is 0 Å². The van der Waals surface area contributed by atoms with Gasteiger partial charge in [-0.1, -0.05) is 35.9 Å². The van der Waals surface area contributed by atoms with Crippen molar-refractivity contribution in [2.45, 2.75) is 13.3 Å². The monoisotopic (exact) mass is 258 g/mol. The topological polar surface area (TPSA) is 74.6 Å². The highest BCUT2D eigenvalue weighted by molar-refractivity contribution is 6.52. The third-order valence-corrected chi connectivity index (χ3v) is 3.10. The lowest BCUT2D eigenvalue weighted by molar-refractivity contribution is -0.112. The van der Waals surface area contributed by atoms with Crippen molar-refractivity contribution in [3.8, 4) is 0 Å². The van der Waals surface area contributed by atoms with Crippen LogP contribution in [0.2, 0.25) is 0 Å². The van der Waals surface area contributed by atoms with E-state index < -0.39 is 11.6 Å². The number of ketones is 2. The maximum atomic E-state index is 11.9. The molecule has 98 valence electrons. The van der Waals surface area contributed by atoms with E-state index in [4.69, 9.17) is 5.11 Å². The first-order valence-corrected chi connectivity index (χ1v) is 5.93. The average Bonchev–Trinajstić information content (AvgIpc) is 2.44. The number of rotatable bonds is 3. The Bertz CT molecular complexity index is 608. The van der Waals surface area contributed by atoms with Crippen LogP contribution in [0.3, 0.4) is 0 Å². The van der Waals surface area contributed by atoms with Gasteiger partial charge in [0.25, 0.3) is 0 Å². The van der Waals surface area contributed by atoms with Gasteiger partial charge < -0.3 is 10.2 Å². The first-order chi connectivity index (χ1) is 9.06. The van der Waals surface area contributed by atoms with E-state index in [0.29, 0.717) is 11.1 Å². The molecule has 0 unspecified atom stereocenters. The molecule has 0 atom stereocenters. The molecule has 1 aromatic carbocycles. The van der Waals surface area contributed by atoms with Crippen LogP contribution in [0.15, 0.2) is 41.5 Å². The first kappa shape index (κ1) is 13.2. The first-order valence-electron chi connectivity index (χ1n) is 5.93. The molecule has 1 aliphatic carbocycles. The molecule has 0 aliphatic heterocycles. The van der Waals surface area contributed by atoms with Gasteiger partial charge in [-0.2, -0.15) is 0 Å². The maximum absolute atomic E-state index is 11.9. The van der Waals surface area contributed by atoms with Crippen molar-refractivity contribution in [1.82, 2.24) is 0 Å². The van der Waals surface area contributed by atoms with Crippen LogP contribution >= 0.6 is 0 Å². The molecule has 1 aliphatic rings. The number of carbonyl (C=O) groups is 2. The highest BCUT2D eigenvalue weighted by Crippen LogP contribution is 2.29. The second-order valence-electron chi connectivity index (χ2n) is 4.44. The van der Waals surface area contributed by atoms with Gasteiger partial charge in [-0.15, -0.1) is 0 Å². The molecule has 0 saturated heterocycles. The van der Waals surface area contributed by atoms with E-state index in [1.54, 1.807) is 31.2 Å². The van der Waals surface area contributed by atoms with Gasteiger partial charge >= 0.3 is 0 Å². The molecule has 19 heavy (non-hydrogen) atoms. The van der Waals surface area contributed by atoms with Gasteiger partial charge in [0.1, 0.15) is 5.76 Å². The zero-order valence-electron chi connectivity index (χ0n) is 10.5. The second kappa shape index (κ2) is 5.20. The molecule has 1 aromatic rings. The van der Waals surface area contributed by atoms with E-state index in [-0.39, 0.29) is 29.9 Å². The molecule has 0 amide bonds. The Morgan fingerprint density at radius 3 is 2.42 bits per heavy atom. The highest BCUT2D eigenvalue weighted by Gasteiger charge is 2.31. The fourth-order valence-corrected chi connectivity index (χ4v) is 1.95. The van der Waals surface area contributed by atoms with Crippen molar-refractivity contribution in [3.05, 3.63) is 52.6 Å². The summed E-state index contributed by atoms with van der Waals surface area (Å²) in [5.41, 5.74) is 1.38. The van der Waals surface area contributed by atoms with Gasteiger partial charge in [0.15, 0.2) is 0 Å². The largest absolute Gasteiger partial charge is 0.507 e. The molecule has 0 bridgehead atoms. The van der Waals surface area contributed by atoms with Crippen LogP contribution in [0.4, 0.5) is 0 Å². The molecule has 0 aromatic heterocycles. The van der Waals surface area contributed by atoms with E-state index >= 15 is 0 Å². The average molecular weight is 258 g/mol. The van der Waals surface area contributed by atoms with E-state index in [1.165, 1.54) is 6.07 Å². The van der Waals surface area contributed by atoms with Crippen molar-refractivity contribution in [2.24, 2.45) is 0 Å². The lowest BCUT2D eigenvalue weighted by atomic mass is 9.87. The lowest BCUT2D eigenvalue weighted by Gasteiger charge is -2.16. The zero-order valence-corrected chi connectivity index (χ0v) is 10.5. The molecule has 0 fully saturated rings. The summed E-state index contributed by atoms with van der Waals surface area (Å²) in [7, 11) is 0. The number of carbonyl (C=O) groups excluding carboxylic acids is 2. The van der Waals surface area contributed by atoms with Gasteiger partial charge in [0.05, 0.1) is 6.61 Å². The second-order valence-corrected chi connectivity index (χ2v) is 4.44. The Labute approximate surface area is 110 Å². The molecule has 2 N–H and O–H groups in total. The number of allylic oxidation sites excluding steroid dienone is 2. The van der Waals surface area contributed by atoms with Gasteiger partial charge in [-0.05, 0) is 13.3 Å². The lowest BCUT2D eigenvalue weighted by Crippen LogP contribution is -2.23. The van der Waals surface area contributed by atoms with Crippen LogP contribution in [0.25, 0.3) is 5.76 Å². The Morgan fingerprint density at radius 2 is 1.79 bits per heavy atom. The number of aliphatic hydroxyl groups is 2. The summed E-state index contributed by atoms with van der Waals surface area (Å²) in [5, 5.41) is 19.0. The number of hydrogen-bond donors (Lipinski definition) is 2. The van der Waals surface area contributed by atoms with E-state index in [0.717, 1.165) is 0 Å². The minimum Gasteiger partial charge on any atom is -0.507 e. The number of hydrogen-bond acceptors (Lipinski definition) is 4. The molecule has 4 nitrogen and oxygen atoms in total. The predicted molar refractivity (Wildman–Crippen MR) is 70.8 cm³/mol. The standard InChI is InChI=1S/C15H14O4/c1-9(8-16)6-7-12-13(17)10-4-2-3-5-11(10)14(18)15(12)19/h2-6,16-17H,7-8H2,1H3/b9-6+. The quantitative estimate of drug-likeness (QED) is 0.642. The number of benzene rings is 1. The summed E-state index contributed by atoms with van der Waals surface area (Å²) < 4.78 is 0. The SMILES string of the molecule is C/C(=C\CC1=C(O)c2ccccc2C(=O)C1=O)CO. The molecule has 0 saturated carbocycles. The number of fused-ring (bicyclic) bond motifs is 1. The van der Waals surface area contributed by atoms with E-state index in [1.807, 2.05) is 0 Å². The Morgan fingerprint density at radius 1 is 1.16 bits per heavy atom. The zero-order chi connectivity index (χ0) is 14.0. The van der Waals surface area contributed by atoms with Crippen LogP contribution in [-0.2, 0) is 4.79 Å². The fourth-order valence-electron chi connectivity index (χ4n) is 1.95. The minimum absolute atomic E-state index is 0.0801. The predicted octanol–water partition coefficient (Wildman–Crippen LogP) is 2.05. The Hall–Kier alpha value is -2.20. The third-order valence-electron chi connectivity index (χ3n) is 3.10. The molecule has 0 radical (unpaired) electrons. The Balaban J connectivity index is 2.48. The van der Waals surface area contributed by atoms with E-state index in [9.17, 15) is 14.7 Å². The van der Waals surface area contributed by atoms with Gasteiger partial charge in [0.2, 0.25) is 11.6 Å². The summed E-state index contributed by atoms with van der Waals surface area (Å²) in [4.78, 5) is 23.9. The summed E-state index contributed by atoms with van der Waals surface area (Å²) in [6, 6.07) is 6.48. The van der Waals surface area contributed by atoms with Gasteiger partial charge in [0, 0.05) is 16.7 Å². The summed E-state index contributed by atoms with van der Waals surface area (Å²) >= 11 is 0. The molecule has 4 heteroatoms. The van der Waals surface area contributed by atoms with Gasteiger partial charge in [-0.25, -0.2) is 0 Å². The summed E-state index contributed by atoms with van der Waals surface area (Å²) in [6.45, 7) is 1.59. The minimum atomic E-state index is -0.682. The van der Waals surface area contributed by atoms with Gasteiger partial charge in [-0.3, -0.25) is 9.59 Å². The van der Waals surface area contributed by atoms with E-state index in [2.05, 4.69) is 0 Å². The fraction of sp³-hybridized carbons (Fsp3) is 0.200. The van der Waals surface area contributed by atoms with Crippen molar-refractivity contribution in [3.63, 3.8) is 0 Å². The highest BCUT2D eigenvalue weighted by atomic mass is 16.3. The smallest absolute Gasteiger partial charge is 0.234 e. The van der Waals surface area contributed by atoms with Crippen molar-refractivity contribution in [2.75, 3.05) is 6.61 Å². The van der Waals surface area contributed by atoms with Crippen molar-refractivity contribution >= 4 is 17.3 Å². The normalized spacial score (nSPS) is 15.8. The van der Waals surface area contributed by atoms with Crippen LogP contribution in [-0.4, -0.2) is 28.4 Å². The molecular formula is C15H14O4. The molecule has 0 heterocycles. The molecular weight excluding hydrogens is 244 g/mol. The van der Waals surface area contributed by atoms with Crippen molar-refractivity contribution in [1.29, 1.82) is 0 Å². The number of Topliss-reactive ketones (excluding diaryl/α,β-unsaturated/α-hetero) is 2. The molecule has 2 rings (SSSR count). The summed E-state index contributed by atoms with van der Waals surface area (Å²) in [5.74, 6) is -1.43. The third kappa shape index (κ3) is 2.35. The van der Waals surface area contributed by atoms with Crippen LogP contribution in [0.5, 0.6) is 0 Å².